The van der Waals surface area contributed by atoms with E-state index in [1.165, 1.54) is 5.56 Å². The highest BCUT2D eigenvalue weighted by Gasteiger charge is 2.20. The molecule has 0 saturated carbocycles. The van der Waals surface area contributed by atoms with Crippen LogP contribution in [0.4, 0.5) is 0 Å². The molecule has 2 nitrogen and oxygen atoms in total. The maximum atomic E-state index is 9.34. The van der Waals surface area contributed by atoms with Gasteiger partial charge in [0.15, 0.2) is 0 Å². The first kappa shape index (κ1) is 11.1. The van der Waals surface area contributed by atoms with E-state index in [-0.39, 0.29) is 0 Å². The van der Waals surface area contributed by atoms with E-state index in [0.29, 0.717) is 5.56 Å². The van der Waals surface area contributed by atoms with Crippen molar-refractivity contribution in [1.82, 2.24) is 0 Å². The molecule has 3 aromatic carbocycles. The highest BCUT2D eigenvalue weighted by molar-refractivity contribution is 5.93. The first-order valence-corrected chi connectivity index (χ1v) is 6.57. The zero-order chi connectivity index (χ0) is 13.5. The second kappa shape index (κ2) is 4.11. The fraction of sp³-hybridized carbons (Fsp3) is 0.0556. The van der Waals surface area contributed by atoms with Crippen LogP contribution in [0.3, 0.4) is 0 Å². The molecule has 0 atom stereocenters. The lowest BCUT2D eigenvalue weighted by Gasteiger charge is -2.22. The minimum absolute atomic E-state index is 0.710. The number of benzene rings is 3. The minimum Gasteiger partial charge on any atom is -0.457 e. The molecular weight excluding hydrogens is 246 g/mol. The molecule has 0 N–H and O–H groups in total. The quantitative estimate of drug-likeness (QED) is 0.467. The summed E-state index contributed by atoms with van der Waals surface area (Å²) in [6.45, 7) is 0. The molecule has 0 amide bonds. The van der Waals surface area contributed by atoms with Crippen molar-refractivity contribution in [1.29, 1.82) is 5.26 Å². The zero-order valence-electron chi connectivity index (χ0n) is 10.8. The molecule has 1 aliphatic rings. The Bertz CT molecular complexity index is 874. The van der Waals surface area contributed by atoms with Crippen LogP contribution in [-0.4, -0.2) is 0 Å². The number of rotatable bonds is 0. The van der Waals surface area contributed by atoms with Gasteiger partial charge in [-0.05, 0) is 29.1 Å². The zero-order valence-corrected chi connectivity index (χ0v) is 10.8. The van der Waals surface area contributed by atoms with Crippen LogP contribution < -0.4 is 4.74 Å². The number of nitriles is 1. The first-order chi connectivity index (χ1) is 9.86. The Morgan fingerprint density at radius 1 is 0.900 bits per heavy atom. The first-order valence-electron chi connectivity index (χ1n) is 6.57. The van der Waals surface area contributed by atoms with Crippen LogP contribution in [0.5, 0.6) is 11.5 Å². The molecule has 0 saturated heterocycles. The Labute approximate surface area is 116 Å². The smallest absolute Gasteiger partial charge is 0.131 e. The molecule has 0 aliphatic carbocycles. The summed E-state index contributed by atoms with van der Waals surface area (Å²) in [5.41, 5.74) is 2.99. The van der Waals surface area contributed by atoms with Gasteiger partial charge in [0.2, 0.25) is 0 Å². The van der Waals surface area contributed by atoms with Crippen molar-refractivity contribution in [2.75, 3.05) is 0 Å². The third kappa shape index (κ3) is 1.50. The molecule has 0 fully saturated rings. The molecule has 2 heteroatoms. The molecule has 0 aromatic heterocycles. The van der Waals surface area contributed by atoms with E-state index >= 15 is 0 Å². The summed E-state index contributed by atoms with van der Waals surface area (Å²) in [7, 11) is 0. The van der Waals surface area contributed by atoms with Gasteiger partial charge in [-0.15, -0.1) is 0 Å². The summed E-state index contributed by atoms with van der Waals surface area (Å²) in [4.78, 5) is 0. The average molecular weight is 257 g/mol. The number of ether oxygens (including phenoxy) is 1. The largest absolute Gasteiger partial charge is 0.457 e. The molecule has 1 heterocycles. The molecule has 4 rings (SSSR count). The lowest BCUT2D eigenvalue weighted by atomic mass is 9.92. The molecule has 0 unspecified atom stereocenters. The molecular formula is C18H11NO. The Balaban J connectivity index is 2.03. The van der Waals surface area contributed by atoms with Crippen molar-refractivity contribution in [2.45, 2.75) is 6.42 Å². The van der Waals surface area contributed by atoms with Gasteiger partial charge in [-0.1, -0.05) is 36.4 Å². The van der Waals surface area contributed by atoms with E-state index in [0.717, 1.165) is 34.3 Å². The summed E-state index contributed by atoms with van der Waals surface area (Å²) in [5, 5.41) is 11.4. The van der Waals surface area contributed by atoms with Crippen molar-refractivity contribution < 1.29 is 4.74 Å². The van der Waals surface area contributed by atoms with Crippen LogP contribution in [-0.2, 0) is 6.42 Å². The highest BCUT2D eigenvalue weighted by atomic mass is 16.5. The van der Waals surface area contributed by atoms with Crippen LogP contribution in [0.25, 0.3) is 10.8 Å². The normalized spacial score (nSPS) is 12.2. The molecule has 94 valence electrons. The van der Waals surface area contributed by atoms with Crippen LogP contribution in [0.2, 0.25) is 0 Å². The van der Waals surface area contributed by atoms with Gasteiger partial charge in [0.1, 0.15) is 11.5 Å². The van der Waals surface area contributed by atoms with Gasteiger partial charge in [0.05, 0.1) is 11.6 Å². The Kier molecular flexibility index (Phi) is 2.27. The van der Waals surface area contributed by atoms with E-state index in [4.69, 9.17) is 4.74 Å². The Morgan fingerprint density at radius 3 is 2.70 bits per heavy atom. The van der Waals surface area contributed by atoms with Gasteiger partial charge in [-0.2, -0.15) is 5.26 Å². The second-order valence-electron chi connectivity index (χ2n) is 4.94. The van der Waals surface area contributed by atoms with Crippen molar-refractivity contribution in [3.05, 3.63) is 71.3 Å². The van der Waals surface area contributed by atoms with E-state index in [9.17, 15) is 5.26 Å². The van der Waals surface area contributed by atoms with Gasteiger partial charge >= 0.3 is 0 Å². The van der Waals surface area contributed by atoms with Gasteiger partial charge in [-0.25, -0.2) is 0 Å². The maximum Gasteiger partial charge on any atom is 0.131 e. The number of fused-ring (bicyclic) bond motifs is 4. The van der Waals surface area contributed by atoms with E-state index in [1.807, 2.05) is 48.5 Å². The predicted molar refractivity (Wildman–Crippen MR) is 78.0 cm³/mol. The van der Waals surface area contributed by atoms with Gasteiger partial charge < -0.3 is 4.74 Å². The number of hydrogen-bond acceptors (Lipinski definition) is 2. The monoisotopic (exact) mass is 257 g/mol. The molecule has 20 heavy (non-hydrogen) atoms. The Hall–Kier alpha value is -2.79. The van der Waals surface area contributed by atoms with Gasteiger partial charge in [0.25, 0.3) is 0 Å². The summed E-state index contributed by atoms with van der Waals surface area (Å²) >= 11 is 0. The third-order valence-corrected chi connectivity index (χ3v) is 3.79. The standard InChI is InChI=1S/C18H11NO/c19-11-14-6-3-5-12-8-9-17-15(18(12)14)10-13-4-1-2-7-16(13)20-17/h1-9H,10H2. The SMILES string of the molecule is N#Cc1cccc2ccc3c(c12)Cc1ccccc1O3. The fourth-order valence-corrected chi connectivity index (χ4v) is 2.86. The topological polar surface area (TPSA) is 33.0 Å². The molecule has 0 spiro atoms. The molecule has 0 bridgehead atoms. The minimum atomic E-state index is 0.710. The van der Waals surface area contributed by atoms with Crippen molar-refractivity contribution >= 4 is 10.8 Å². The lowest BCUT2D eigenvalue weighted by molar-refractivity contribution is 0.461. The van der Waals surface area contributed by atoms with Crippen molar-refractivity contribution in [3.63, 3.8) is 0 Å². The Morgan fingerprint density at radius 2 is 1.80 bits per heavy atom. The predicted octanol–water partition coefficient (Wildman–Crippen LogP) is 4.41. The number of para-hydroxylation sites is 1. The molecule has 1 aliphatic heterocycles. The van der Waals surface area contributed by atoms with Crippen LogP contribution in [0.1, 0.15) is 16.7 Å². The third-order valence-electron chi connectivity index (χ3n) is 3.79. The lowest BCUT2D eigenvalue weighted by Crippen LogP contribution is -2.04. The van der Waals surface area contributed by atoms with Crippen molar-refractivity contribution in [2.24, 2.45) is 0 Å². The second-order valence-corrected chi connectivity index (χ2v) is 4.94. The average Bonchev–Trinajstić information content (AvgIpc) is 2.52. The van der Waals surface area contributed by atoms with Crippen molar-refractivity contribution in [3.8, 4) is 17.6 Å². The van der Waals surface area contributed by atoms with Crippen LogP contribution >= 0.6 is 0 Å². The van der Waals surface area contributed by atoms with Gasteiger partial charge in [0, 0.05) is 17.4 Å². The van der Waals surface area contributed by atoms with E-state index < -0.39 is 0 Å². The summed E-state index contributed by atoms with van der Waals surface area (Å²) in [5.74, 6) is 1.77. The molecule has 3 aromatic rings. The van der Waals surface area contributed by atoms with E-state index in [2.05, 4.69) is 12.1 Å². The summed E-state index contributed by atoms with van der Waals surface area (Å²) in [6.07, 6.45) is 0.807. The summed E-state index contributed by atoms with van der Waals surface area (Å²) in [6, 6.07) is 20.2. The fourth-order valence-electron chi connectivity index (χ4n) is 2.86. The molecule has 0 radical (unpaired) electrons. The van der Waals surface area contributed by atoms with Gasteiger partial charge in [-0.3, -0.25) is 0 Å². The van der Waals surface area contributed by atoms with E-state index in [1.54, 1.807) is 0 Å². The number of hydrogen-bond donors (Lipinski definition) is 0. The number of nitrogens with zero attached hydrogens (tertiary/aromatic N) is 1. The van der Waals surface area contributed by atoms with Crippen LogP contribution in [0, 0.1) is 11.3 Å². The highest BCUT2D eigenvalue weighted by Crippen LogP contribution is 2.40. The van der Waals surface area contributed by atoms with Crippen LogP contribution in [0.15, 0.2) is 54.6 Å². The maximum absolute atomic E-state index is 9.34. The summed E-state index contributed by atoms with van der Waals surface area (Å²) < 4.78 is 5.98.